The van der Waals surface area contributed by atoms with Crippen LogP contribution < -0.4 is 5.73 Å². The molecule has 18 heavy (non-hydrogen) atoms. The summed E-state index contributed by atoms with van der Waals surface area (Å²) in [5.41, 5.74) is 6.11. The Morgan fingerprint density at radius 1 is 1.44 bits per heavy atom. The Kier molecular flexibility index (Phi) is 3.54. The van der Waals surface area contributed by atoms with E-state index in [1.165, 1.54) is 43.6 Å². The van der Waals surface area contributed by atoms with Crippen LogP contribution in [0, 0.1) is 5.41 Å². The Balaban J connectivity index is 1.63. The van der Waals surface area contributed by atoms with Crippen LogP contribution in [0.1, 0.15) is 30.6 Å². The van der Waals surface area contributed by atoms with Crippen LogP contribution in [0.3, 0.4) is 0 Å². The summed E-state index contributed by atoms with van der Waals surface area (Å²) >= 11 is 1.61. The molecule has 5 heteroatoms. The van der Waals surface area contributed by atoms with Crippen LogP contribution in [-0.2, 0) is 11.3 Å². The Morgan fingerprint density at radius 2 is 2.33 bits per heavy atom. The number of anilines is 1. The van der Waals surface area contributed by atoms with Crippen LogP contribution in [0.2, 0.25) is 0 Å². The number of likely N-dealkylation sites (tertiary alicyclic amines) is 1. The molecule has 0 saturated carbocycles. The molecular formula is C13H21N3OS. The van der Waals surface area contributed by atoms with Crippen LogP contribution in [0.15, 0.2) is 6.20 Å². The Labute approximate surface area is 112 Å². The molecular weight excluding hydrogens is 246 g/mol. The van der Waals surface area contributed by atoms with E-state index in [-0.39, 0.29) is 0 Å². The van der Waals surface area contributed by atoms with E-state index >= 15 is 0 Å². The van der Waals surface area contributed by atoms with Crippen LogP contribution in [-0.4, -0.2) is 36.2 Å². The first kappa shape index (κ1) is 12.4. The summed E-state index contributed by atoms with van der Waals surface area (Å²) in [6.07, 6.45) is 7.08. The highest BCUT2D eigenvalue weighted by Crippen LogP contribution is 2.38. The predicted octanol–water partition coefficient (Wildman–Crippen LogP) is 2.12. The van der Waals surface area contributed by atoms with Gasteiger partial charge in [0.1, 0.15) is 0 Å². The fourth-order valence-corrected chi connectivity index (χ4v) is 4.02. The van der Waals surface area contributed by atoms with Gasteiger partial charge in [-0.15, -0.1) is 11.3 Å². The maximum absolute atomic E-state index is 5.71. The molecule has 100 valence electrons. The van der Waals surface area contributed by atoms with E-state index in [4.69, 9.17) is 10.5 Å². The Hall–Kier alpha value is -0.650. The van der Waals surface area contributed by atoms with E-state index in [0.29, 0.717) is 10.5 Å². The second kappa shape index (κ2) is 5.15. The number of nitrogens with two attached hydrogens (primary N) is 1. The number of hydrogen-bond acceptors (Lipinski definition) is 5. The van der Waals surface area contributed by atoms with Crippen molar-refractivity contribution in [2.45, 2.75) is 32.2 Å². The number of piperidine rings is 1. The fraction of sp³-hybridized carbons (Fsp3) is 0.769. The van der Waals surface area contributed by atoms with Gasteiger partial charge in [-0.2, -0.15) is 0 Å². The van der Waals surface area contributed by atoms with Crippen molar-refractivity contribution in [1.29, 1.82) is 0 Å². The number of nitrogen functional groups attached to an aromatic ring is 1. The lowest BCUT2D eigenvalue weighted by molar-refractivity contribution is -0.0504. The summed E-state index contributed by atoms with van der Waals surface area (Å²) in [6.45, 7) is 5.27. The minimum Gasteiger partial charge on any atom is -0.381 e. The van der Waals surface area contributed by atoms with Gasteiger partial charge in [0.2, 0.25) is 0 Å². The molecule has 2 aliphatic heterocycles. The van der Waals surface area contributed by atoms with Gasteiger partial charge in [-0.3, -0.25) is 4.90 Å². The second-order valence-electron chi connectivity index (χ2n) is 5.64. The fourth-order valence-electron chi connectivity index (χ4n) is 3.29. The molecule has 2 saturated heterocycles. The van der Waals surface area contributed by atoms with Crippen molar-refractivity contribution in [2.24, 2.45) is 5.41 Å². The van der Waals surface area contributed by atoms with E-state index < -0.39 is 0 Å². The highest BCUT2D eigenvalue weighted by molar-refractivity contribution is 7.15. The third-order valence-corrected chi connectivity index (χ3v) is 4.91. The van der Waals surface area contributed by atoms with Crippen molar-refractivity contribution in [1.82, 2.24) is 9.88 Å². The molecule has 1 atom stereocenters. The molecule has 4 nitrogen and oxygen atoms in total. The highest BCUT2D eigenvalue weighted by Gasteiger charge is 2.37. The third kappa shape index (κ3) is 2.68. The number of hydrogen-bond donors (Lipinski definition) is 1. The molecule has 0 aromatic carbocycles. The van der Waals surface area contributed by atoms with E-state index in [2.05, 4.69) is 9.88 Å². The standard InChI is InChI=1S/C13H21N3OS/c14-12-15-7-11(18-12)8-16-5-1-3-13(9-16)4-2-6-17-10-13/h7H,1-6,8-10H2,(H2,14,15). The largest absolute Gasteiger partial charge is 0.381 e. The number of thiazole rings is 1. The quantitative estimate of drug-likeness (QED) is 0.891. The summed E-state index contributed by atoms with van der Waals surface area (Å²) in [5, 5.41) is 0.678. The molecule has 1 unspecified atom stereocenters. The second-order valence-corrected chi connectivity index (χ2v) is 6.78. The summed E-state index contributed by atoms with van der Waals surface area (Å²) < 4.78 is 5.71. The summed E-state index contributed by atoms with van der Waals surface area (Å²) in [6, 6.07) is 0. The molecule has 3 rings (SSSR count). The third-order valence-electron chi connectivity index (χ3n) is 4.10. The van der Waals surface area contributed by atoms with Gasteiger partial charge in [0.15, 0.2) is 5.13 Å². The first-order valence-corrected chi connectivity index (χ1v) is 7.58. The van der Waals surface area contributed by atoms with Crippen molar-refractivity contribution in [3.8, 4) is 0 Å². The molecule has 2 fully saturated rings. The van der Waals surface area contributed by atoms with Gasteiger partial charge in [0.05, 0.1) is 6.61 Å². The molecule has 1 spiro atoms. The van der Waals surface area contributed by atoms with E-state index in [1.54, 1.807) is 11.3 Å². The zero-order valence-corrected chi connectivity index (χ0v) is 11.5. The lowest BCUT2D eigenvalue weighted by atomic mass is 9.76. The molecule has 2 aliphatic rings. The topological polar surface area (TPSA) is 51.4 Å². The smallest absolute Gasteiger partial charge is 0.180 e. The average Bonchev–Trinajstić information content (AvgIpc) is 2.76. The van der Waals surface area contributed by atoms with Crippen LogP contribution in [0.25, 0.3) is 0 Å². The normalized spacial score (nSPS) is 29.8. The van der Waals surface area contributed by atoms with Crippen LogP contribution >= 0.6 is 11.3 Å². The minimum atomic E-state index is 0.423. The van der Waals surface area contributed by atoms with Crippen molar-refractivity contribution in [3.63, 3.8) is 0 Å². The minimum absolute atomic E-state index is 0.423. The Morgan fingerprint density at radius 3 is 3.06 bits per heavy atom. The number of rotatable bonds is 2. The maximum Gasteiger partial charge on any atom is 0.180 e. The molecule has 0 amide bonds. The first-order chi connectivity index (χ1) is 8.76. The predicted molar refractivity (Wildman–Crippen MR) is 73.5 cm³/mol. The molecule has 3 heterocycles. The first-order valence-electron chi connectivity index (χ1n) is 6.76. The van der Waals surface area contributed by atoms with E-state index in [0.717, 1.165) is 19.8 Å². The van der Waals surface area contributed by atoms with Gasteiger partial charge in [0.25, 0.3) is 0 Å². The summed E-state index contributed by atoms with van der Waals surface area (Å²) in [7, 11) is 0. The lowest BCUT2D eigenvalue weighted by Crippen LogP contribution is -2.47. The van der Waals surface area contributed by atoms with E-state index in [1.807, 2.05) is 6.20 Å². The van der Waals surface area contributed by atoms with Gasteiger partial charge in [0, 0.05) is 36.2 Å². The van der Waals surface area contributed by atoms with Gasteiger partial charge < -0.3 is 10.5 Å². The molecule has 2 N–H and O–H groups in total. The van der Waals surface area contributed by atoms with Crippen molar-refractivity contribution >= 4 is 16.5 Å². The summed E-state index contributed by atoms with van der Waals surface area (Å²) in [5.74, 6) is 0. The van der Waals surface area contributed by atoms with Gasteiger partial charge >= 0.3 is 0 Å². The zero-order chi connectivity index (χ0) is 12.4. The van der Waals surface area contributed by atoms with Gasteiger partial charge in [-0.05, 0) is 32.2 Å². The number of aromatic nitrogens is 1. The summed E-state index contributed by atoms with van der Waals surface area (Å²) in [4.78, 5) is 7.96. The van der Waals surface area contributed by atoms with Crippen molar-refractivity contribution in [2.75, 3.05) is 32.0 Å². The molecule has 1 aromatic heterocycles. The van der Waals surface area contributed by atoms with E-state index in [9.17, 15) is 0 Å². The van der Waals surface area contributed by atoms with Crippen molar-refractivity contribution < 1.29 is 4.74 Å². The molecule has 0 aliphatic carbocycles. The number of ether oxygens (including phenoxy) is 1. The molecule has 1 aromatic rings. The maximum atomic E-state index is 5.71. The molecule has 0 radical (unpaired) electrons. The monoisotopic (exact) mass is 267 g/mol. The lowest BCUT2D eigenvalue weighted by Gasteiger charge is -2.44. The molecule has 0 bridgehead atoms. The highest BCUT2D eigenvalue weighted by atomic mass is 32.1. The zero-order valence-electron chi connectivity index (χ0n) is 10.7. The number of nitrogens with zero attached hydrogens (tertiary/aromatic N) is 2. The SMILES string of the molecule is Nc1ncc(CN2CCCC3(CCCOC3)C2)s1. The Bertz CT molecular complexity index is 395. The van der Waals surface area contributed by atoms with Crippen LogP contribution in [0.5, 0.6) is 0 Å². The van der Waals surface area contributed by atoms with Crippen molar-refractivity contribution in [3.05, 3.63) is 11.1 Å². The average molecular weight is 267 g/mol. The van der Waals surface area contributed by atoms with Gasteiger partial charge in [-0.25, -0.2) is 4.98 Å². The van der Waals surface area contributed by atoms with Crippen LogP contribution in [0.4, 0.5) is 5.13 Å². The van der Waals surface area contributed by atoms with Gasteiger partial charge in [-0.1, -0.05) is 0 Å².